The summed E-state index contributed by atoms with van der Waals surface area (Å²) in [6, 6.07) is 6.20. The SMILES string of the molecule is O=C(CCN1CCC(C(=O)NC2CC2)CC1)Nc1ccc([N+](=O)[O-])cc1. The highest BCUT2D eigenvalue weighted by Gasteiger charge is 2.29. The third-order valence-corrected chi connectivity index (χ3v) is 4.90. The largest absolute Gasteiger partial charge is 0.353 e. The van der Waals surface area contributed by atoms with Gasteiger partial charge in [0.2, 0.25) is 11.8 Å². The summed E-state index contributed by atoms with van der Waals surface area (Å²) in [4.78, 5) is 36.4. The maximum absolute atomic E-state index is 12.1. The number of carbonyl (C=O) groups is 2. The zero-order chi connectivity index (χ0) is 18.5. The molecule has 1 saturated heterocycles. The number of nitro groups is 1. The Morgan fingerprint density at radius 3 is 2.35 bits per heavy atom. The number of anilines is 1. The van der Waals surface area contributed by atoms with Crippen LogP contribution in [0, 0.1) is 16.0 Å². The number of nitrogens with zero attached hydrogens (tertiary/aromatic N) is 2. The van der Waals surface area contributed by atoms with E-state index in [9.17, 15) is 19.7 Å². The number of carbonyl (C=O) groups excluding carboxylic acids is 2. The van der Waals surface area contributed by atoms with Crippen molar-refractivity contribution in [2.75, 3.05) is 25.0 Å². The van der Waals surface area contributed by atoms with Gasteiger partial charge in [-0.15, -0.1) is 0 Å². The molecule has 8 heteroatoms. The maximum Gasteiger partial charge on any atom is 0.269 e. The van der Waals surface area contributed by atoms with Crippen molar-refractivity contribution in [1.82, 2.24) is 10.2 Å². The molecule has 1 aliphatic carbocycles. The normalized spacial score (nSPS) is 18.3. The Morgan fingerprint density at radius 2 is 1.77 bits per heavy atom. The molecule has 0 aromatic heterocycles. The Morgan fingerprint density at radius 1 is 1.12 bits per heavy atom. The third kappa shape index (κ3) is 5.26. The number of rotatable bonds is 7. The number of nitro benzene ring substituents is 1. The van der Waals surface area contributed by atoms with Crippen LogP contribution >= 0.6 is 0 Å². The van der Waals surface area contributed by atoms with E-state index in [2.05, 4.69) is 15.5 Å². The number of non-ortho nitro benzene ring substituents is 1. The van der Waals surface area contributed by atoms with Crippen molar-refractivity contribution < 1.29 is 14.5 Å². The van der Waals surface area contributed by atoms with E-state index in [-0.39, 0.29) is 23.4 Å². The number of piperidine rings is 1. The molecule has 2 fully saturated rings. The van der Waals surface area contributed by atoms with Gasteiger partial charge in [-0.2, -0.15) is 0 Å². The van der Waals surface area contributed by atoms with Crippen molar-refractivity contribution in [2.45, 2.75) is 38.1 Å². The highest BCUT2D eigenvalue weighted by Crippen LogP contribution is 2.22. The van der Waals surface area contributed by atoms with Crippen LogP contribution in [0.2, 0.25) is 0 Å². The molecule has 0 radical (unpaired) electrons. The first-order valence-corrected chi connectivity index (χ1v) is 9.08. The molecule has 0 atom stereocenters. The van der Waals surface area contributed by atoms with Crippen molar-refractivity contribution in [3.05, 3.63) is 34.4 Å². The van der Waals surface area contributed by atoms with Gasteiger partial charge in [0.25, 0.3) is 5.69 Å². The summed E-state index contributed by atoms with van der Waals surface area (Å²) in [6.07, 6.45) is 4.24. The second-order valence-electron chi connectivity index (χ2n) is 7.00. The first-order chi connectivity index (χ1) is 12.5. The monoisotopic (exact) mass is 360 g/mol. The van der Waals surface area contributed by atoms with Crippen LogP contribution in [0.1, 0.15) is 32.1 Å². The van der Waals surface area contributed by atoms with Gasteiger partial charge in [0.15, 0.2) is 0 Å². The highest BCUT2D eigenvalue weighted by atomic mass is 16.6. The van der Waals surface area contributed by atoms with Crippen molar-refractivity contribution in [3.63, 3.8) is 0 Å². The summed E-state index contributed by atoms with van der Waals surface area (Å²) in [5.74, 6) is 0.163. The molecule has 3 rings (SSSR count). The molecule has 140 valence electrons. The van der Waals surface area contributed by atoms with Crippen molar-refractivity contribution in [1.29, 1.82) is 0 Å². The molecule has 2 N–H and O–H groups in total. The highest BCUT2D eigenvalue weighted by molar-refractivity contribution is 5.90. The van der Waals surface area contributed by atoms with Gasteiger partial charge >= 0.3 is 0 Å². The van der Waals surface area contributed by atoms with E-state index < -0.39 is 4.92 Å². The molecule has 26 heavy (non-hydrogen) atoms. The summed E-state index contributed by atoms with van der Waals surface area (Å²) in [6.45, 7) is 2.30. The smallest absolute Gasteiger partial charge is 0.269 e. The lowest BCUT2D eigenvalue weighted by Gasteiger charge is -2.31. The van der Waals surface area contributed by atoms with Crippen LogP contribution in [0.15, 0.2) is 24.3 Å². The van der Waals surface area contributed by atoms with E-state index in [1.54, 1.807) is 0 Å². The van der Waals surface area contributed by atoms with Crippen molar-refractivity contribution in [3.8, 4) is 0 Å². The molecular formula is C18H24N4O4. The molecule has 1 aromatic carbocycles. The molecule has 1 aliphatic heterocycles. The Kier molecular flexibility index (Phi) is 5.82. The molecular weight excluding hydrogens is 336 g/mol. The van der Waals surface area contributed by atoms with Crippen LogP contribution in [0.25, 0.3) is 0 Å². The molecule has 1 heterocycles. The predicted octanol–water partition coefficient (Wildman–Crippen LogP) is 1.91. The molecule has 0 spiro atoms. The predicted molar refractivity (Wildman–Crippen MR) is 96.7 cm³/mol. The van der Waals surface area contributed by atoms with Gasteiger partial charge in [-0.1, -0.05) is 0 Å². The van der Waals surface area contributed by atoms with Gasteiger partial charge in [0, 0.05) is 42.7 Å². The van der Waals surface area contributed by atoms with Crippen molar-refractivity contribution in [2.24, 2.45) is 5.92 Å². The van der Waals surface area contributed by atoms with E-state index in [0.29, 0.717) is 24.7 Å². The summed E-state index contributed by atoms with van der Waals surface area (Å²) in [5.41, 5.74) is 0.549. The Labute approximate surface area is 152 Å². The quantitative estimate of drug-likeness (QED) is 0.571. The zero-order valence-electron chi connectivity index (χ0n) is 14.6. The second kappa shape index (κ2) is 8.27. The molecule has 0 unspecified atom stereocenters. The van der Waals surface area contributed by atoms with Crippen molar-refractivity contribution >= 4 is 23.2 Å². The maximum atomic E-state index is 12.1. The number of amides is 2. The van der Waals surface area contributed by atoms with Gasteiger partial charge in [-0.3, -0.25) is 19.7 Å². The zero-order valence-corrected chi connectivity index (χ0v) is 14.6. The molecule has 8 nitrogen and oxygen atoms in total. The topological polar surface area (TPSA) is 105 Å². The Bertz CT molecular complexity index is 664. The summed E-state index contributed by atoms with van der Waals surface area (Å²) < 4.78 is 0. The van der Waals surface area contributed by atoms with E-state index >= 15 is 0 Å². The van der Waals surface area contributed by atoms with E-state index in [1.165, 1.54) is 24.3 Å². The Hall–Kier alpha value is -2.48. The van der Waals surface area contributed by atoms with Gasteiger partial charge in [-0.25, -0.2) is 0 Å². The number of hydrogen-bond acceptors (Lipinski definition) is 5. The van der Waals surface area contributed by atoms with E-state index in [4.69, 9.17) is 0 Å². The number of benzene rings is 1. The van der Waals surface area contributed by atoms with E-state index in [1.807, 2.05) is 0 Å². The van der Waals surface area contributed by atoms with Gasteiger partial charge in [-0.05, 0) is 50.9 Å². The van der Waals surface area contributed by atoms with Gasteiger partial charge in [0.1, 0.15) is 0 Å². The third-order valence-electron chi connectivity index (χ3n) is 4.90. The standard InChI is InChI=1S/C18H24N4O4/c23-17(19-14-3-5-16(6-4-14)22(25)26)9-12-21-10-7-13(8-11-21)18(24)20-15-1-2-15/h3-6,13,15H,1-2,7-12H2,(H,19,23)(H,20,24). The lowest BCUT2D eigenvalue weighted by Crippen LogP contribution is -2.41. The number of hydrogen-bond donors (Lipinski definition) is 2. The minimum Gasteiger partial charge on any atom is -0.353 e. The molecule has 0 bridgehead atoms. The van der Waals surface area contributed by atoms with Gasteiger partial charge in [0.05, 0.1) is 4.92 Å². The molecule has 2 aliphatic rings. The van der Waals surface area contributed by atoms with Gasteiger partial charge < -0.3 is 15.5 Å². The first kappa shape index (κ1) is 18.3. The fraction of sp³-hybridized carbons (Fsp3) is 0.556. The van der Waals surface area contributed by atoms with E-state index in [0.717, 1.165) is 38.8 Å². The molecule has 1 aromatic rings. The van der Waals surface area contributed by atoms with Crippen LogP contribution in [-0.4, -0.2) is 47.3 Å². The Balaban J connectivity index is 1.35. The number of likely N-dealkylation sites (tertiary alicyclic amines) is 1. The summed E-state index contributed by atoms with van der Waals surface area (Å²) >= 11 is 0. The minimum atomic E-state index is -0.472. The summed E-state index contributed by atoms with van der Waals surface area (Å²) in [7, 11) is 0. The number of nitrogens with one attached hydrogen (secondary N) is 2. The van der Waals surface area contributed by atoms with Crippen LogP contribution in [0.3, 0.4) is 0 Å². The second-order valence-corrected chi connectivity index (χ2v) is 7.00. The van der Waals surface area contributed by atoms with Crippen LogP contribution in [-0.2, 0) is 9.59 Å². The first-order valence-electron chi connectivity index (χ1n) is 9.08. The average molecular weight is 360 g/mol. The van der Waals surface area contributed by atoms with Crippen LogP contribution < -0.4 is 10.6 Å². The molecule has 2 amide bonds. The van der Waals surface area contributed by atoms with Crippen LogP contribution in [0.4, 0.5) is 11.4 Å². The van der Waals surface area contributed by atoms with Crippen LogP contribution in [0.5, 0.6) is 0 Å². The minimum absolute atomic E-state index is 0.00316. The average Bonchev–Trinajstić information content (AvgIpc) is 3.45. The summed E-state index contributed by atoms with van der Waals surface area (Å²) in [5, 5.41) is 16.4. The fourth-order valence-corrected chi connectivity index (χ4v) is 3.12. The lowest BCUT2D eigenvalue weighted by atomic mass is 9.96. The molecule has 1 saturated carbocycles. The fourth-order valence-electron chi connectivity index (χ4n) is 3.12. The lowest BCUT2D eigenvalue weighted by molar-refractivity contribution is -0.384.